The molecule has 1 N–H and O–H groups in total. The molecular weight excluding hydrogens is 362 g/mol. The maximum atomic E-state index is 8.81. The van der Waals surface area contributed by atoms with Crippen molar-refractivity contribution in [1.82, 2.24) is 0 Å². The van der Waals surface area contributed by atoms with Crippen LogP contribution in [0.5, 0.6) is 0 Å². The Morgan fingerprint density at radius 2 is 1.79 bits per heavy atom. The molecule has 0 atom stereocenters. The van der Waals surface area contributed by atoms with Crippen LogP contribution in [0.3, 0.4) is 0 Å². The molecule has 0 saturated heterocycles. The first-order valence-corrected chi connectivity index (χ1v) is 6.75. The summed E-state index contributed by atoms with van der Waals surface area (Å²) in [6.07, 6.45) is 6.29. The molecule has 0 spiro atoms. The molecule has 0 fully saturated rings. The van der Waals surface area contributed by atoms with Gasteiger partial charge in [-0.1, -0.05) is 34.9 Å². The summed E-state index contributed by atoms with van der Waals surface area (Å²) in [5, 5.41) is 10.5. The van der Waals surface area contributed by atoms with Crippen molar-refractivity contribution in [3.8, 4) is 0 Å². The first-order chi connectivity index (χ1) is 8.63. The van der Waals surface area contributed by atoms with Crippen molar-refractivity contribution in [2.45, 2.75) is 26.2 Å². The fraction of sp³-hybridized carbons (Fsp3) is 0.429. The third-order valence-electron chi connectivity index (χ3n) is 3.18. The van der Waals surface area contributed by atoms with Crippen LogP contribution in [-0.2, 0) is 30.9 Å². The summed E-state index contributed by atoms with van der Waals surface area (Å²) in [6.45, 7) is 2.36. The first-order valence-electron chi connectivity index (χ1n) is 6.00. The maximum absolute atomic E-state index is 8.81. The van der Waals surface area contributed by atoms with E-state index in [9.17, 15) is 0 Å². The van der Waals surface area contributed by atoms with Gasteiger partial charge >= 0.3 is 0 Å². The van der Waals surface area contributed by atoms with Gasteiger partial charge in [-0.2, -0.15) is 0 Å². The quantitative estimate of drug-likeness (QED) is 0.783. The van der Waals surface area contributed by atoms with Gasteiger partial charge in [0.1, 0.15) is 12.4 Å². The Kier molecular flexibility index (Phi) is 7.10. The molecule has 0 heterocycles. The minimum absolute atomic E-state index is 0. The second kappa shape index (κ2) is 7.83. The Morgan fingerprint density at radius 3 is 2.37 bits per heavy atom. The van der Waals surface area contributed by atoms with Crippen molar-refractivity contribution in [3.63, 3.8) is 0 Å². The Balaban J connectivity index is 0.00000180. The van der Waals surface area contributed by atoms with Crippen LogP contribution in [-0.4, -0.2) is 18.3 Å². The van der Waals surface area contributed by atoms with Crippen LogP contribution in [0, 0.1) is 0 Å². The Morgan fingerprint density at radius 1 is 1.16 bits per heavy atom. The molecule has 0 aromatic rings. The summed E-state index contributed by atoms with van der Waals surface area (Å²) in [6, 6.07) is 0. The number of ether oxygens (including phenoxy) is 1. The third kappa shape index (κ3) is 4.08. The van der Waals surface area contributed by atoms with Gasteiger partial charge < -0.3 is 9.84 Å². The van der Waals surface area contributed by atoms with Gasteiger partial charge in [-0.3, -0.25) is 0 Å². The summed E-state index contributed by atoms with van der Waals surface area (Å²) >= 11 is 12.4. The molecule has 102 valence electrons. The zero-order chi connectivity index (χ0) is 13.1. The predicted octanol–water partition coefficient (Wildman–Crippen LogP) is 4.01. The number of allylic oxidation sites excluding steroid dienone is 7. The molecule has 0 unspecified atom stereocenters. The van der Waals surface area contributed by atoms with Gasteiger partial charge in [0.2, 0.25) is 0 Å². The van der Waals surface area contributed by atoms with Crippen molar-refractivity contribution in [2.75, 3.05) is 13.2 Å². The summed E-state index contributed by atoms with van der Waals surface area (Å²) in [5.74, 6) is 0.783. The van der Waals surface area contributed by atoms with Crippen molar-refractivity contribution in [2.24, 2.45) is 0 Å². The van der Waals surface area contributed by atoms with Gasteiger partial charge in [-0.05, 0) is 18.6 Å². The Labute approximate surface area is 142 Å². The number of halogens is 2. The molecule has 5 heteroatoms. The Hall–Kier alpha value is 0.183. The topological polar surface area (TPSA) is 29.5 Å². The zero-order valence-corrected chi connectivity index (χ0v) is 14.8. The molecule has 0 saturated carbocycles. The van der Waals surface area contributed by atoms with Crippen LogP contribution in [0.1, 0.15) is 26.2 Å². The first kappa shape index (κ1) is 17.2. The van der Waals surface area contributed by atoms with Gasteiger partial charge in [0, 0.05) is 61.1 Å². The van der Waals surface area contributed by atoms with Crippen LogP contribution in [0.4, 0.5) is 0 Å². The Bertz CT molecular complexity index is 476. The second-order valence-corrected chi connectivity index (χ2v) is 5.29. The van der Waals surface area contributed by atoms with E-state index in [-0.39, 0.29) is 32.8 Å². The van der Waals surface area contributed by atoms with Crippen molar-refractivity contribution in [3.05, 3.63) is 44.7 Å². The van der Waals surface area contributed by atoms with E-state index in [1.165, 1.54) is 5.57 Å². The summed E-state index contributed by atoms with van der Waals surface area (Å²) in [5.41, 5.74) is 3.35. The summed E-state index contributed by atoms with van der Waals surface area (Å²) in [7, 11) is 0. The smallest absolute Gasteiger partial charge is 0.120 e. The third-order valence-corrected chi connectivity index (χ3v) is 3.95. The van der Waals surface area contributed by atoms with Gasteiger partial charge in [0.05, 0.1) is 6.61 Å². The number of hydrogen-bond donors (Lipinski definition) is 1. The zero-order valence-electron chi connectivity index (χ0n) is 10.8. The fourth-order valence-electron chi connectivity index (χ4n) is 2.16. The average molecular weight is 378 g/mol. The molecule has 0 aromatic carbocycles. The second-order valence-electron chi connectivity index (χ2n) is 4.38. The molecule has 0 radical (unpaired) electrons. The van der Waals surface area contributed by atoms with Crippen molar-refractivity contribution < 1.29 is 36.0 Å². The van der Waals surface area contributed by atoms with Gasteiger partial charge in [0.15, 0.2) is 0 Å². The predicted molar refractivity (Wildman–Crippen MR) is 74.5 cm³/mol. The SMILES string of the molecule is CC1=CCC(Cl)=C1CC1=C(Cl)CC=C1OCCO.[Zr]. The van der Waals surface area contributed by atoms with E-state index in [2.05, 4.69) is 13.0 Å². The monoisotopic (exact) mass is 376 g/mol. The summed E-state index contributed by atoms with van der Waals surface area (Å²) < 4.78 is 5.50. The van der Waals surface area contributed by atoms with Crippen LogP contribution >= 0.6 is 23.2 Å². The van der Waals surface area contributed by atoms with Crippen LogP contribution < -0.4 is 0 Å². The van der Waals surface area contributed by atoms with Crippen LogP contribution in [0.2, 0.25) is 0 Å². The molecule has 19 heavy (non-hydrogen) atoms. The maximum Gasteiger partial charge on any atom is 0.120 e. The number of aliphatic hydroxyl groups is 1. The molecule has 2 rings (SSSR count). The van der Waals surface area contributed by atoms with E-state index < -0.39 is 0 Å². The minimum atomic E-state index is 0. The van der Waals surface area contributed by atoms with Gasteiger partial charge in [-0.25, -0.2) is 0 Å². The normalized spacial score (nSPS) is 18.5. The van der Waals surface area contributed by atoms with Crippen molar-refractivity contribution in [1.29, 1.82) is 0 Å². The van der Waals surface area contributed by atoms with Crippen molar-refractivity contribution >= 4 is 23.2 Å². The van der Waals surface area contributed by atoms with E-state index in [4.69, 9.17) is 33.0 Å². The molecule has 2 nitrogen and oxygen atoms in total. The fourth-order valence-corrected chi connectivity index (χ4v) is 2.69. The number of rotatable bonds is 5. The van der Waals surface area contributed by atoms with E-state index in [0.717, 1.165) is 33.4 Å². The number of hydrogen-bond acceptors (Lipinski definition) is 2. The molecule has 0 aromatic heterocycles. The number of aliphatic hydroxyl groups excluding tert-OH is 1. The van der Waals surface area contributed by atoms with Gasteiger partial charge in [0.25, 0.3) is 0 Å². The van der Waals surface area contributed by atoms with Crippen LogP contribution in [0.25, 0.3) is 0 Å². The summed E-state index contributed by atoms with van der Waals surface area (Å²) in [4.78, 5) is 0. The molecular formula is C14H16Cl2O2Zr. The molecule has 0 amide bonds. The molecule has 0 bridgehead atoms. The van der Waals surface area contributed by atoms with Crippen LogP contribution in [0.15, 0.2) is 44.7 Å². The van der Waals surface area contributed by atoms with E-state index in [1.807, 2.05) is 6.08 Å². The average Bonchev–Trinajstić information content (AvgIpc) is 2.85. The largest absolute Gasteiger partial charge is 0.491 e. The standard InChI is InChI=1S/C14H16Cl2O2.Zr/c1-9-2-3-12(15)10(9)8-11-13(16)4-5-14(11)18-7-6-17;/h2,5,17H,3-4,6-8H2,1H3;. The molecule has 2 aliphatic rings. The molecule has 0 aliphatic heterocycles. The van der Waals surface area contributed by atoms with E-state index in [1.54, 1.807) is 0 Å². The minimum Gasteiger partial charge on any atom is -0.491 e. The van der Waals surface area contributed by atoms with E-state index >= 15 is 0 Å². The van der Waals surface area contributed by atoms with Gasteiger partial charge in [-0.15, -0.1) is 0 Å². The van der Waals surface area contributed by atoms with E-state index in [0.29, 0.717) is 19.4 Å². The molecule has 2 aliphatic carbocycles.